The van der Waals surface area contributed by atoms with Gasteiger partial charge in [0.2, 0.25) is 5.82 Å². The van der Waals surface area contributed by atoms with Gasteiger partial charge in [-0.05, 0) is 101 Å². The number of methoxy groups -OCH3 is 1. The number of hydrogen-bond acceptors (Lipinski definition) is 7. The third-order valence-electron chi connectivity index (χ3n) is 11.2. The summed E-state index contributed by atoms with van der Waals surface area (Å²) < 4.78 is 133. The minimum atomic E-state index is -5.06. The van der Waals surface area contributed by atoms with Crippen LogP contribution in [-0.2, 0) is 18.5 Å². The topological polar surface area (TPSA) is 86.7 Å². The zero-order chi connectivity index (χ0) is 41.1. The molecule has 7 rings (SSSR count). The molecule has 5 aromatic carbocycles. The number of rotatable bonds is 12. The van der Waals surface area contributed by atoms with Crippen molar-refractivity contribution in [1.29, 1.82) is 0 Å². The molecule has 57 heavy (non-hydrogen) atoms. The standard InChI is InChI=1S/C42H34F6O6S3/c1-41(2)25-19-20-42(41,33(49)21-25)23-56(51,52)54-57(29-14-9-26(53-3)10-15-29,40-37(47)35(45)34(44)36(46)38(40)48)30-16-11-27(12-17-30)55-28-13-18-32(43)31(22-28)39(50)24-7-5-4-6-8-24/h4-18,22,25H,19-21,23H2,1-3H3. The monoisotopic (exact) mass is 844 g/mol. The van der Waals surface area contributed by atoms with E-state index in [0.717, 1.165) is 17.8 Å². The average molecular weight is 845 g/mol. The predicted octanol–water partition coefficient (Wildman–Crippen LogP) is 10.9. The van der Waals surface area contributed by atoms with Gasteiger partial charge in [-0.15, -0.1) is 0 Å². The van der Waals surface area contributed by atoms with E-state index in [-0.39, 0.29) is 51.2 Å². The van der Waals surface area contributed by atoms with E-state index in [9.17, 15) is 26.8 Å². The fraction of sp³-hybridized carbons (Fsp3) is 0.238. The van der Waals surface area contributed by atoms with Crippen LogP contribution in [0.5, 0.6) is 5.75 Å². The average Bonchev–Trinajstić information content (AvgIpc) is 3.54. The van der Waals surface area contributed by atoms with E-state index in [1.54, 1.807) is 44.2 Å². The van der Waals surface area contributed by atoms with Crippen molar-refractivity contribution in [2.75, 3.05) is 12.9 Å². The van der Waals surface area contributed by atoms with Crippen LogP contribution in [0.4, 0.5) is 26.3 Å². The fourth-order valence-electron chi connectivity index (χ4n) is 8.00. The van der Waals surface area contributed by atoms with E-state index >= 15 is 17.6 Å². The minimum Gasteiger partial charge on any atom is -0.497 e. The van der Waals surface area contributed by atoms with Crippen LogP contribution in [0.2, 0.25) is 0 Å². The van der Waals surface area contributed by atoms with Gasteiger partial charge in [-0.1, -0.05) is 55.9 Å². The van der Waals surface area contributed by atoms with E-state index in [2.05, 4.69) is 0 Å². The molecule has 5 aromatic rings. The molecule has 2 aliphatic carbocycles. The van der Waals surface area contributed by atoms with E-state index in [4.69, 9.17) is 8.37 Å². The summed E-state index contributed by atoms with van der Waals surface area (Å²) in [5, 5.41) is 0. The Morgan fingerprint density at radius 2 is 1.33 bits per heavy atom. The van der Waals surface area contributed by atoms with Crippen LogP contribution in [0.25, 0.3) is 0 Å². The van der Waals surface area contributed by atoms with Gasteiger partial charge in [-0.2, -0.15) is 8.42 Å². The predicted molar refractivity (Wildman–Crippen MR) is 202 cm³/mol. The number of carbonyl (C=O) groups is 2. The summed E-state index contributed by atoms with van der Waals surface area (Å²) in [6.45, 7) is 3.55. The first-order valence-electron chi connectivity index (χ1n) is 17.6. The van der Waals surface area contributed by atoms with Gasteiger partial charge in [0.05, 0.1) is 23.8 Å². The molecule has 0 aromatic heterocycles. The van der Waals surface area contributed by atoms with Crippen molar-refractivity contribution < 1.29 is 52.7 Å². The Morgan fingerprint density at radius 3 is 1.88 bits per heavy atom. The van der Waals surface area contributed by atoms with Gasteiger partial charge >= 0.3 is 0 Å². The molecular formula is C42H34F6O6S3. The minimum absolute atomic E-state index is 0.118. The lowest BCUT2D eigenvalue weighted by Crippen LogP contribution is -2.42. The Balaban J connectivity index is 1.38. The Morgan fingerprint density at radius 1 is 0.772 bits per heavy atom. The van der Waals surface area contributed by atoms with Crippen LogP contribution in [0, 0.1) is 51.7 Å². The molecule has 3 atom stereocenters. The van der Waals surface area contributed by atoms with Gasteiger partial charge in [-0.25, -0.2) is 30.0 Å². The number of fused-ring (bicyclic) bond motifs is 2. The Kier molecular flexibility index (Phi) is 10.7. The molecule has 0 saturated heterocycles. The van der Waals surface area contributed by atoms with Crippen molar-refractivity contribution in [3.05, 3.63) is 143 Å². The zero-order valence-corrected chi connectivity index (χ0v) is 33.0. The van der Waals surface area contributed by atoms with Crippen LogP contribution >= 0.6 is 22.1 Å². The first kappa shape index (κ1) is 40.6. The van der Waals surface area contributed by atoms with Gasteiger partial charge in [-0.3, -0.25) is 9.59 Å². The highest BCUT2D eigenvalue weighted by molar-refractivity contribution is 8.33. The van der Waals surface area contributed by atoms with Gasteiger partial charge in [0, 0.05) is 31.6 Å². The molecule has 0 heterocycles. The van der Waals surface area contributed by atoms with Crippen molar-refractivity contribution in [3.63, 3.8) is 0 Å². The lowest BCUT2D eigenvalue weighted by atomic mass is 9.70. The highest BCUT2D eigenvalue weighted by atomic mass is 32.3. The summed E-state index contributed by atoms with van der Waals surface area (Å²) in [6, 6.07) is 22.3. The highest BCUT2D eigenvalue weighted by Gasteiger charge is 2.66. The van der Waals surface area contributed by atoms with Gasteiger partial charge in [0.1, 0.15) is 22.2 Å². The van der Waals surface area contributed by atoms with Crippen molar-refractivity contribution in [2.24, 2.45) is 16.7 Å². The van der Waals surface area contributed by atoms with Crippen LogP contribution < -0.4 is 4.74 Å². The first-order valence-corrected chi connectivity index (χ1v) is 21.5. The number of ketones is 2. The normalized spacial score (nSPS) is 20.3. The lowest BCUT2D eigenvalue weighted by Gasteiger charge is -2.41. The number of carbonyl (C=O) groups excluding carboxylic acids is 2. The van der Waals surface area contributed by atoms with Crippen molar-refractivity contribution in [1.82, 2.24) is 0 Å². The van der Waals surface area contributed by atoms with E-state index in [0.29, 0.717) is 16.2 Å². The molecule has 3 unspecified atom stereocenters. The van der Waals surface area contributed by atoms with E-state index in [1.165, 1.54) is 67.8 Å². The van der Waals surface area contributed by atoms with Crippen LogP contribution in [0.1, 0.15) is 49.0 Å². The molecule has 298 valence electrons. The Bertz CT molecular complexity index is 2490. The first-order chi connectivity index (χ1) is 27.0. The SMILES string of the molecule is COc1ccc(S(OS(=O)(=O)CC23CCC(CC2=O)C3(C)C)(c2ccc(Sc3ccc(F)c(C(=O)c4ccccc4)c3)cc2)c2c(F)c(F)c(F)c(F)c2F)cc1. The van der Waals surface area contributed by atoms with Crippen molar-refractivity contribution >= 4 is 43.8 Å². The molecule has 0 amide bonds. The molecule has 2 fully saturated rings. The molecule has 2 bridgehead atoms. The Hall–Kier alpha value is -4.57. The van der Waals surface area contributed by atoms with Crippen LogP contribution in [0.3, 0.4) is 0 Å². The third kappa shape index (κ3) is 6.85. The largest absolute Gasteiger partial charge is 0.497 e. The summed E-state index contributed by atoms with van der Waals surface area (Å²) >= 11 is 1.05. The molecular weight excluding hydrogens is 811 g/mol. The summed E-state index contributed by atoms with van der Waals surface area (Å²) in [4.78, 5) is 25.3. The second-order valence-electron chi connectivity index (χ2n) is 14.5. The second-order valence-corrected chi connectivity index (χ2v) is 20.0. The summed E-state index contributed by atoms with van der Waals surface area (Å²) in [6.07, 6.45) is 0.886. The quantitative estimate of drug-likeness (QED) is 0.0535. The number of hydrogen-bond donors (Lipinski definition) is 0. The molecule has 2 saturated carbocycles. The maximum atomic E-state index is 16.2. The molecule has 0 radical (unpaired) electrons. The number of benzene rings is 5. The number of Topliss-reactive ketones (excluding diaryl/α,β-unsaturated/α-hetero) is 1. The van der Waals surface area contributed by atoms with Crippen LogP contribution in [-0.4, -0.2) is 32.8 Å². The summed E-state index contributed by atoms with van der Waals surface area (Å²) in [5.74, 6) is -14.1. The molecule has 6 nitrogen and oxygen atoms in total. The van der Waals surface area contributed by atoms with Crippen molar-refractivity contribution in [3.8, 4) is 5.75 Å². The zero-order valence-electron chi connectivity index (χ0n) is 30.6. The highest BCUT2D eigenvalue weighted by Crippen LogP contribution is 2.73. The summed E-state index contributed by atoms with van der Waals surface area (Å²) in [5.41, 5.74) is -2.16. The van der Waals surface area contributed by atoms with Crippen molar-refractivity contribution in [2.45, 2.75) is 57.6 Å². The molecule has 15 heteroatoms. The van der Waals surface area contributed by atoms with Gasteiger partial charge in [0.25, 0.3) is 10.1 Å². The Labute approximate surface area is 331 Å². The molecule has 0 aliphatic heterocycles. The van der Waals surface area contributed by atoms with Crippen LogP contribution in [0.15, 0.2) is 122 Å². The second kappa shape index (κ2) is 15.0. The molecule has 0 N–H and O–H groups in total. The van der Waals surface area contributed by atoms with Gasteiger partial charge < -0.3 is 4.74 Å². The number of ether oxygens (including phenoxy) is 1. The maximum absolute atomic E-state index is 16.2. The summed E-state index contributed by atoms with van der Waals surface area (Å²) in [7, 11) is -8.19. The van der Waals surface area contributed by atoms with E-state index in [1.807, 2.05) is 0 Å². The smallest absolute Gasteiger partial charge is 0.278 e. The maximum Gasteiger partial charge on any atom is 0.278 e. The fourth-order valence-corrected chi connectivity index (χ4v) is 14.9. The molecule has 0 spiro atoms. The lowest BCUT2D eigenvalue weighted by molar-refractivity contribution is -0.128. The van der Waals surface area contributed by atoms with Gasteiger partial charge in [0.15, 0.2) is 29.1 Å². The number of halogens is 6. The van der Waals surface area contributed by atoms with E-state index < -0.39 is 82.6 Å². The molecule has 2 aliphatic rings. The third-order valence-corrected chi connectivity index (χ3v) is 17.5.